The van der Waals surface area contributed by atoms with Gasteiger partial charge in [0.25, 0.3) is 0 Å². The van der Waals surface area contributed by atoms with Gasteiger partial charge in [-0.05, 0) is 38.8 Å². The lowest BCUT2D eigenvalue weighted by Crippen LogP contribution is -2.54. The maximum absolute atomic E-state index is 12.6. The number of carbonyl (C=O) groups is 2. The van der Waals surface area contributed by atoms with Gasteiger partial charge in [-0.15, -0.1) is 0 Å². The van der Waals surface area contributed by atoms with Gasteiger partial charge in [0.1, 0.15) is 5.54 Å². The fraction of sp³-hybridized carbons (Fsp3) is 0.875. The number of carbonyl (C=O) groups excluding carboxylic acids is 2. The fourth-order valence-corrected chi connectivity index (χ4v) is 4.25. The molecule has 0 saturated carbocycles. The normalized spacial score (nSPS) is 25.2. The Morgan fingerprint density at radius 1 is 1.00 bits per heavy atom. The van der Waals surface area contributed by atoms with Gasteiger partial charge in [0.05, 0.1) is 0 Å². The van der Waals surface area contributed by atoms with Gasteiger partial charge in [0.2, 0.25) is 11.8 Å². The Morgan fingerprint density at radius 2 is 1.64 bits per heavy atom. The maximum atomic E-state index is 12.6. The molecule has 0 spiro atoms. The quantitative estimate of drug-likeness (QED) is 0.788. The van der Waals surface area contributed by atoms with Crippen LogP contribution >= 0.6 is 0 Å². The third-order valence-corrected chi connectivity index (χ3v) is 5.60. The predicted octanol–water partition coefficient (Wildman–Crippen LogP) is -0.105. The first kappa shape index (κ1) is 15.7. The molecule has 3 heterocycles. The van der Waals surface area contributed by atoms with Crippen LogP contribution in [0.3, 0.4) is 0 Å². The van der Waals surface area contributed by atoms with Gasteiger partial charge >= 0.3 is 0 Å². The van der Waals surface area contributed by atoms with Gasteiger partial charge in [-0.2, -0.15) is 0 Å². The van der Waals surface area contributed by atoms with Crippen molar-refractivity contribution < 1.29 is 9.59 Å². The molecule has 3 aliphatic rings. The molecule has 3 fully saturated rings. The molecule has 0 aromatic rings. The van der Waals surface area contributed by atoms with E-state index in [-0.39, 0.29) is 17.4 Å². The van der Waals surface area contributed by atoms with Crippen LogP contribution in [0, 0.1) is 0 Å². The van der Waals surface area contributed by atoms with Gasteiger partial charge < -0.3 is 10.2 Å². The maximum Gasteiger partial charge on any atom is 0.240 e. The molecular weight excluding hydrogens is 280 g/mol. The van der Waals surface area contributed by atoms with Crippen molar-refractivity contribution in [2.24, 2.45) is 0 Å². The molecule has 124 valence electrons. The second kappa shape index (κ2) is 6.54. The summed E-state index contributed by atoms with van der Waals surface area (Å²) in [4.78, 5) is 30.5. The zero-order chi connectivity index (χ0) is 15.6. The highest BCUT2D eigenvalue weighted by atomic mass is 16.2. The third-order valence-electron chi connectivity index (χ3n) is 5.60. The largest absolute Gasteiger partial charge is 0.353 e. The second-order valence-electron chi connectivity index (χ2n) is 6.83. The SMILES string of the molecule is CC(=O)N1CCN(CCNC(=O)C23CCCN2CCC3)CC1. The van der Waals surface area contributed by atoms with Crippen LogP contribution in [0.5, 0.6) is 0 Å². The van der Waals surface area contributed by atoms with E-state index in [2.05, 4.69) is 15.1 Å². The van der Waals surface area contributed by atoms with E-state index in [1.165, 1.54) is 0 Å². The lowest BCUT2D eigenvalue weighted by molar-refractivity contribution is -0.130. The van der Waals surface area contributed by atoms with Crippen molar-refractivity contribution in [1.82, 2.24) is 20.0 Å². The molecule has 6 heteroatoms. The lowest BCUT2D eigenvalue weighted by Gasteiger charge is -2.35. The van der Waals surface area contributed by atoms with Crippen molar-refractivity contribution in [2.45, 2.75) is 38.1 Å². The van der Waals surface area contributed by atoms with E-state index < -0.39 is 0 Å². The number of hydrogen-bond acceptors (Lipinski definition) is 4. The molecular formula is C16H28N4O2. The van der Waals surface area contributed by atoms with Crippen molar-refractivity contribution in [3.05, 3.63) is 0 Å². The summed E-state index contributed by atoms with van der Waals surface area (Å²) >= 11 is 0. The molecule has 6 nitrogen and oxygen atoms in total. The topological polar surface area (TPSA) is 55.9 Å². The van der Waals surface area contributed by atoms with Crippen molar-refractivity contribution >= 4 is 11.8 Å². The average molecular weight is 308 g/mol. The number of amides is 2. The molecule has 3 rings (SSSR count). The summed E-state index contributed by atoms with van der Waals surface area (Å²) in [7, 11) is 0. The predicted molar refractivity (Wildman–Crippen MR) is 84.5 cm³/mol. The third kappa shape index (κ3) is 2.99. The van der Waals surface area contributed by atoms with E-state index in [1.807, 2.05) is 4.90 Å². The number of nitrogens with zero attached hydrogens (tertiary/aromatic N) is 3. The molecule has 2 amide bonds. The molecule has 3 saturated heterocycles. The van der Waals surface area contributed by atoms with E-state index in [0.29, 0.717) is 6.54 Å². The summed E-state index contributed by atoms with van der Waals surface area (Å²) in [6.45, 7) is 8.83. The number of rotatable bonds is 4. The summed E-state index contributed by atoms with van der Waals surface area (Å²) in [5.41, 5.74) is -0.187. The highest BCUT2D eigenvalue weighted by Gasteiger charge is 2.49. The van der Waals surface area contributed by atoms with E-state index in [9.17, 15) is 9.59 Å². The molecule has 22 heavy (non-hydrogen) atoms. The van der Waals surface area contributed by atoms with Gasteiger partial charge in [-0.1, -0.05) is 0 Å². The van der Waals surface area contributed by atoms with Gasteiger partial charge in [-0.3, -0.25) is 19.4 Å². The van der Waals surface area contributed by atoms with Crippen molar-refractivity contribution in [1.29, 1.82) is 0 Å². The van der Waals surface area contributed by atoms with Crippen LogP contribution in [0.25, 0.3) is 0 Å². The Bertz CT molecular complexity index is 422. The Morgan fingerprint density at radius 3 is 2.23 bits per heavy atom. The second-order valence-corrected chi connectivity index (χ2v) is 6.83. The van der Waals surface area contributed by atoms with E-state index >= 15 is 0 Å². The number of fused-ring (bicyclic) bond motifs is 1. The molecule has 3 aliphatic heterocycles. The minimum atomic E-state index is -0.187. The summed E-state index contributed by atoms with van der Waals surface area (Å²) < 4.78 is 0. The van der Waals surface area contributed by atoms with Crippen molar-refractivity contribution in [3.8, 4) is 0 Å². The molecule has 0 bridgehead atoms. The zero-order valence-electron chi connectivity index (χ0n) is 13.6. The van der Waals surface area contributed by atoms with Crippen LogP contribution in [0.2, 0.25) is 0 Å². The molecule has 0 aliphatic carbocycles. The van der Waals surface area contributed by atoms with Crippen LogP contribution < -0.4 is 5.32 Å². The Labute approximate surface area is 132 Å². The molecule has 0 unspecified atom stereocenters. The minimum Gasteiger partial charge on any atom is -0.353 e. The van der Waals surface area contributed by atoms with Crippen LogP contribution in [0.1, 0.15) is 32.6 Å². The van der Waals surface area contributed by atoms with Gasteiger partial charge in [-0.25, -0.2) is 0 Å². The van der Waals surface area contributed by atoms with Crippen molar-refractivity contribution in [2.75, 3.05) is 52.4 Å². The number of nitrogens with one attached hydrogen (secondary N) is 1. The highest BCUT2D eigenvalue weighted by molar-refractivity contribution is 5.87. The Hall–Kier alpha value is -1.14. The van der Waals surface area contributed by atoms with Gasteiger partial charge in [0, 0.05) is 46.2 Å². The van der Waals surface area contributed by atoms with E-state index in [1.54, 1.807) is 6.92 Å². The molecule has 0 aromatic heterocycles. The highest BCUT2D eigenvalue weighted by Crippen LogP contribution is 2.38. The Balaban J connectivity index is 1.40. The number of hydrogen-bond donors (Lipinski definition) is 1. The van der Waals surface area contributed by atoms with Crippen LogP contribution in [0.4, 0.5) is 0 Å². The fourth-order valence-electron chi connectivity index (χ4n) is 4.25. The van der Waals surface area contributed by atoms with Crippen LogP contribution in [-0.4, -0.2) is 84.4 Å². The molecule has 1 N–H and O–H groups in total. The summed E-state index contributed by atoms with van der Waals surface area (Å²) in [6.07, 6.45) is 4.35. The van der Waals surface area contributed by atoms with Crippen LogP contribution in [-0.2, 0) is 9.59 Å². The Kier molecular flexibility index (Phi) is 4.68. The van der Waals surface area contributed by atoms with E-state index in [0.717, 1.165) is 71.5 Å². The first-order valence-corrected chi connectivity index (χ1v) is 8.63. The first-order valence-electron chi connectivity index (χ1n) is 8.63. The summed E-state index contributed by atoms with van der Waals surface area (Å²) in [5.74, 6) is 0.402. The monoisotopic (exact) mass is 308 g/mol. The standard InChI is InChI=1S/C16H28N4O2/c1-14(21)19-12-10-18(11-13-19)9-6-17-15(22)16-4-2-7-20(16)8-3-5-16/h2-13H2,1H3,(H,17,22). The van der Waals surface area contributed by atoms with Crippen LogP contribution in [0.15, 0.2) is 0 Å². The zero-order valence-corrected chi connectivity index (χ0v) is 13.6. The molecule has 0 radical (unpaired) electrons. The average Bonchev–Trinajstić information content (AvgIpc) is 3.08. The summed E-state index contributed by atoms with van der Waals surface area (Å²) in [6, 6.07) is 0. The molecule has 0 aromatic carbocycles. The van der Waals surface area contributed by atoms with Crippen molar-refractivity contribution in [3.63, 3.8) is 0 Å². The first-order chi connectivity index (χ1) is 10.6. The summed E-state index contributed by atoms with van der Waals surface area (Å²) in [5, 5.41) is 3.17. The lowest BCUT2D eigenvalue weighted by atomic mass is 9.93. The van der Waals surface area contributed by atoms with E-state index in [4.69, 9.17) is 0 Å². The van der Waals surface area contributed by atoms with Gasteiger partial charge in [0.15, 0.2) is 0 Å². The number of piperazine rings is 1. The minimum absolute atomic E-state index is 0.162. The molecule has 0 atom stereocenters. The smallest absolute Gasteiger partial charge is 0.240 e.